The first-order valence-electron chi connectivity index (χ1n) is 4.56. The van der Waals surface area contributed by atoms with Crippen molar-refractivity contribution in [3.8, 4) is 0 Å². The SMILES string of the molecule is C[C](C)CN1CCC(N)C(F)(F)C1. The Morgan fingerprint density at radius 1 is 1.54 bits per heavy atom. The van der Waals surface area contributed by atoms with Gasteiger partial charge in [0.1, 0.15) is 0 Å². The molecule has 13 heavy (non-hydrogen) atoms. The first kappa shape index (κ1) is 10.9. The van der Waals surface area contributed by atoms with Crippen LogP contribution in [0.15, 0.2) is 0 Å². The highest BCUT2D eigenvalue weighted by Gasteiger charge is 2.42. The molecule has 1 radical (unpaired) electrons. The second-order valence-electron chi connectivity index (χ2n) is 4.07. The molecule has 1 rings (SSSR count). The van der Waals surface area contributed by atoms with Crippen molar-refractivity contribution in [2.24, 2.45) is 5.73 Å². The van der Waals surface area contributed by atoms with E-state index in [2.05, 4.69) is 0 Å². The van der Waals surface area contributed by atoms with Gasteiger partial charge in [-0.3, -0.25) is 4.90 Å². The zero-order valence-corrected chi connectivity index (χ0v) is 8.19. The molecule has 1 atom stereocenters. The second-order valence-corrected chi connectivity index (χ2v) is 4.07. The van der Waals surface area contributed by atoms with Gasteiger partial charge in [0.15, 0.2) is 0 Å². The molecule has 2 nitrogen and oxygen atoms in total. The monoisotopic (exact) mass is 191 g/mol. The van der Waals surface area contributed by atoms with E-state index in [0.717, 1.165) is 5.92 Å². The number of nitrogens with two attached hydrogens (primary N) is 1. The fourth-order valence-corrected chi connectivity index (χ4v) is 1.61. The van der Waals surface area contributed by atoms with Crippen LogP contribution >= 0.6 is 0 Å². The number of likely N-dealkylation sites (tertiary alicyclic amines) is 1. The lowest BCUT2D eigenvalue weighted by Crippen LogP contribution is -2.55. The molecule has 77 valence electrons. The summed E-state index contributed by atoms with van der Waals surface area (Å²) < 4.78 is 26.2. The van der Waals surface area contributed by atoms with Crippen molar-refractivity contribution in [1.29, 1.82) is 0 Å². The van der Waals surface area contributed by atoms with Gasteiger partial charge in [-0.2, -0.15) is 0 Å². The van der Waals surface area contributed by atoms with E-state index >= 15 is 0 Å². The van der Waals surface area contributed by atoms with Gasteiger partial charge in [0.25, 0.3) is 5.92 Å². The number of halogens is 2. The molecular weight excluding hydrogens is 174 g/mol. The summed E-state index contributed by atoms with van der Waals surface area (Å²) in [7, 11) is 0. The molecule has 0 bridgehead atoms. The summed E-state index contributed by atoms with van der Waals surface area (Å²) in [4.78, 5) is 1.76. The Morgan fingerprint density at radius 3 is 2.62 bits per heavy atom. The summed E-state index contributed by atoms with van der Waals surface area (Å²) in [5.41, 5.74) is 5.32. The maximum Gasteiger partial charge on any atom is 0.275 e. The Balaban J connectivity index is 2.46. The Morgan fingerprint density at radius 2 is 2.15 bits per heavy atom. The number of rotatable bonds is 2. The molecule has 0 spiro atoms. The standard InChI is InChI=1S/C9H17F2N2/c1-7(2)5-13-4-3-8(12)9(10,11)6-13/h8H,3-6,12H2,1-2H3. The lowest BCUT2D eigenvalue weighted by atomic mass is 10.0. The molecule has 1 unspecified atom stereocenters. The molecule has 0 aromatic heterocycles. The largest absolute Gasteiger partial charge is 0.323 e. The van der Waals surface area contributed by atoms with Crippen LogP contribution in [0.5, 0.6) is 0 Å². The van der Waals surface area contributed by atoms with E-state index in [0.29, 0.717) is 19.5 Å². The Labute approximate surface area is 78.1 Å². The molecule has 0 aromatic rings. The van der Waals surface area contributed by atoms with Gasteiger partial charge in [-0.05, 0) is 12.3 Å². The predicted molar refractivity (Wildman–Crippen MR) is 48.6 cm³/mol. The quantitative estimate of drug-likeness (QED) is 0.712. The highest BCUT2D eigenvalue weighted by Crippen LogP contribution is 2.26. The fourth-order valence-electron chi connectivity index (χ4n) is 1.61. The molecule has 4 heteroatoms. The van der Waals surface area contributed by atoms with Crippen molar-refractivity contribution in [1.82, 2.24) is 4.90 Å². The van der Waals surface area contributed by atoms with Gasteiger partial charge in [0, 0.05) is 13.1 Å². The minimum Gasteiger partial charge on any atom is -0.323 e. The topological polar surface area (TPSA) is 29.3 Å². The summed E-state index contributed by atoms with van der Waals surface area (Å²) in [5, 5.41) is 0. The van der Waals surface area contributed by atoms with E-state index in [1.807, 2.05) is 13.8 Å². The van der Waals surface area contributed by atoms with Crippen LogP contribution in [0.1, 0.15) is 20.3 Å². The third-order valence-corrected chi connectivity index (χ3v) is 2.27. The third kappa shape index (κ3) is 2.88. The van der Waals surface area contributed by atoms with Gasteiger partial charge in [-0.25, -0.2) is 8.78 Å². The van der Waals surface area contributed by atoms with Gasteiger partial charge in [0.2, 0.25) is 0 Å². The summed E-state index contributed by atoms with van der Waals surface area (Å²) in [5.74, 6) is -1.56. The number of hydrogen-bond donors (Lipinski definition) is 1. The molecule has 2 N–H and O–H groups in total. The highest BCUT2D eigenvalue weighted by molar-refractivity contribution is 4.92. The Hall–Kier alpha value is -0.220. The first-order valence-corrected chi connectivity index (χ1v) is 4.56. The number of piperidine rings is 1. The van der Waals surface area contributed by atoms with Gasteiger partial charge >= 0.3 is 0 Å². The van der Waals surface area contributed by atoms with E-state index in [1.165, 1.54) is 0 Å². The third-order valence-electron chi connectivity index (χ3n) is 2.27. The van der Waals surface area contributed by atoms with Crippen LogP contribution in [-0.2, 0) is 0 Å². The van der Waals surface area contributed by atoms with E-state index in [4.69, 9.17) is 5.73 Å². The summed E-state index contributed by atoms with van der Waals surface area (Å²) in [6, 6.07) is -0.957. The van der Waals surface area contributed by atoms with Crippen molar-refractivity contribution in [2.75, 3.05) is 19.6 Å². The average Bonchev–Trinajstić information content (AvgIpc) is 1.95. The molecule has 1 aliphatic rings. The smallest absolute Gasteiger partial charge is 0.275 e. The van der Waals surface area contributed by atoms with Gasteiger partial charge < -0.3 is 5.73 Å². The summed E-state index contributed by atoms with van der Waals surface area (Å²) >= 11 is 0. The van der Waals surface area contributed by atoms with E-state index in [1.54, 1.807) is 4.90 Å². The highest BCUT2D eigenvalue weighted by atomic mass is 19.3. The molecule has 0 aliphatic carbocycles. The summed E-state index contributed by atoms with van der Waals surface area (Å²) in [6.07, 6.45) is 0.389. The average molecular weight is 191 g/mol. The van der Waals surface area contributed by atoms with Crippen molar-refractivity contribution in [2.45, 2.75) is 32.2 Å². The van der Waals surface area contributed by atoms with Crippen LogP contribution in [0, 0.1) is 5.92 Å². The van der Waals surface area contributed by atoms with Crippen LogP contribution in [-0.4, -0.2) is 36.5 Å². The lowest BCUT2D eigenvalue weighted by Gasteiger charge is -2.37. The van der Waals surface area contributed by atoms with Crippen LogP contribution in [0.4, 0.5) is 8.78 Å². The Bertz CT molecular complexity index is 171. The summed E-state index contributed by atoms with van der Waals surface area (Å²) in [6.45, 7) is 5.04. The molecule has 1 heterocycles. The molecule has 1 fully saturated rings. The fraction of sp³-hybridized carbons (Fsp3) is 0.889. The first-order chi connectivity index (χ1) is 5.92. The maximum absolute atomic E-state index is 13.1. The van der Waals surface area contributed by atoms with Gasteiger partial charge in [0.05, 0.1) is 12.6 Å². The minimum absolute atomic E-state index is 0.195. The lowest BCUT2D eigenvalue weighted by molar-refractivity contribution is -0.0784. The number of hydrogen-bond acceptors (Lipinski definition) is 2. The van der Waals surface area contributed by atoms with Crippen LogP contribution < -0.4 is 5.73 Å². The predicted octanol–water partition coefficient (Wildman–Crippen LogP) is 1.27. The Kier molecular flexibility index (Phi) is 3.24. The maximum atomic E-state index is 13.1. The van der Waals surface area contributed by atoms with Crippen molar-refractivity contribution in [3.63, 3.8) is 0 Å². The van der Waals surface area contributed by atoms with E-state index < -0.39 is 12.0 Å². The van der Waals surface area contributed by atoms with Crippen LogP contribution in [0.2, 0.25) is 0 Å². The molecule has 0 aromatic carbocycles. The van der Waals surface area contributed by atoms with Crippen LogP contribution in [0.3, 0.4) is 0 Å². The van der Waals surface area contributed by atoms with E-state index in [-0.39, 0.29) is 6.54 Å². The molecule has 1 saturated heterocycles. The minimum atomic E-state index is -2.71. The van der Waals surface area contributed by atoms with Crippen LogP contribution in [0.25, 0.3) is 0 Å². The number of nitrogens with zero attached hydrogens (tertiary/aromatic N) is 1. The zero-order chi connectivity index (χ0) is 10.1. The van der Waals surface area contributed by atoms with Gasteiger partial charge in [-0.1, -0.05) is 13.8 Å². The van der Waals surface area contributed by atoms with Crippen molar-refractivity contribution < 1.29 is 8.78 Å². The van der Waals surface area contributed by atoms with Crippen molar-refractivity contribution >= 4 is 0 Å². The second kappa shape index (κ2) is 3.88. The molecule has 1 aliphatic heterocycles. The van der Waals surface area contributed by atoms with E-state index in [9.17, 15) is 8.78 Å². The molecular formula is C9H17F2N2. The number of alkyl halides is 2. The molecule has 0 amide bonds. The zero-order valence-electron chi connectivity index (χ0n) is 8.19. The van der Waals surface area contributed by atoms with Gasteiger partial charge in [-0.15, -0.1) is 0 Å². The normalized spacial score (nSPS) is 29.5. The molecule has 0 saturated carbocycles. The van der Waals surface area contributed by atoms with Crippen molar-refractivity contribution in [3.05, 3.63) is 5.92 Å².